The standard InChI is InChI=1S/C16H20ClNOS/c1-10(2)12-6-4-5-7-13(12)19-16(11(3)18)14-8-9-15(17)20-14/h4-11,16H,18H2,1-3H3. The Kier molecular flexibility index (Phi) is 5.08. The van der Waals surface area contributed by atoms with Crippen molar-refractivity contribution in [3.05, 3.63) is 51.2 Å². The second-order valence-corrected chi connectivity index (χ2v) is 6.98. The lowest BCUT2D eigenvalue weighted by molar-refractivity contribution is 0.182. The van der Waals surface area contributed by atoms with E-state index in [1.54, 1.807) is 0 Å². The molecule has 0 aliphatic heterocycles. The van der Waals surface area contributed by atoms with E-state index in [0.717, 1.165) is 15.0 Å². The molecule has 0 amide bonds. The van der Waals surface area contributed by atoms with Gasteiger partial charge >= 0.3 is 0 Å². The zero-order chi connectivity index (χ0) is 14.7. The molecule has 2 nitrogen and oxygen atoms in total. The third kappa shape index (κ3) is 3.54. The van der Waals surface area contributed by atoms with E-state index in [-0.39, 0.29) is 12.1 Å². The number of nitrogens with two attached hydrogens (primary N) is 1. The van der Waals surface area contributed by atoms with Crippen molar-refractivity contribution < 1.29 is 4.74 Å². The SMILES string of the molecule is CC(C)c1ccccc1OC(c1ccc(Cl)s1)C(C)N. The van der Waals surface area contributed by atoms with Crippen LogP contribution >= 0.6 is 22.9 Å². The number of benzene rings is 1. The van der Waals surface area contributed by atoms with Gasteiger partial charge in [0.15, 0.2) is 0 Å². The number of hydrogen-bond donors (Lipinski definition) is 1. The van der Waals surface area contributed by atoms with E-state index in [2.05, 4.69) is 19.9 Å². The van der Waals surface area contributed by atoms with Gasteiger partial charge in [0, 0.05) is 10.9 Å². The lowest BCUT2D eigenvalue weighted by atomic mass is 10.0. The van der Waals surface area contributed by atoms with Crippen LogP contribution in [0.15, 0.2) is 36.4 Å². The minimum Gasteiger partial charge on any atom is -0.483 e. The molecule has 0 saturated heterocycles. The van der Waals surface area contributed by atoms with Crippen LogP contribution in [0.4, 0.5) is 0 Å². The zero-order valence-electron chi connectivity index (χ0n) is 12.0. The van der Waals surface area contributed by atoms with E-state index in [1.165, 1.54) is 16.9 Å². The first kappa shape index (κ1) is 15.4. The van der Waals surface area contributed by atoms with Gasteiger partial charge < -0.3 is 10.5 Å². The van der Waals surface area contributed by atoms with Gasteiger partial charge in [-0.25, -0.2) is 0 Å². The second-order valence-electron chi connectivity index (χ2n) is 5.23. The van der Waals surface area contributed by atoms with E-state index in [4.69, 9.17) is 22.1 Å². The fourth-order valence-corrected chi connectivity index (χ4v) is 3.31. The molecule has 0 bridgehead atoms. The van der Waals surface area contributed by atoms with Crippen molar-refractivity contribution in [1.29, 1.82) is 0 Å². The van der Waals surface area contributed by atoms with Crippen LogP contribution in [-0.4, -0.2) is 6.04 Å². The quantitative estimate of drug-likeness (QED) is 0.844. The Hall–Kier alpha value is -1.03. The van der Waals surface area contributed by atoms with Gasteiger partial charge in [-0.3, -0.25) is 0 Å². The highest BCUT2D eigenvalue weighted by atomic mass is 35.5. The van der Waals surface area contributed by atoms with Crippen LogP contribution in [0.5, 0.6) is 5.75 Å². The summed E-state index contributed by atoms with van der Waals surface area (Å²) in [5, 5.41) is 0. The minimum absolute atomic E-state index is 0.107. The summed E-state index contributed by atoms with van der Waals surface area (Å²) in [4.78, 5) is 1.06. The van der Waals surface area contributed by atoms with Gasteiger partial charge in [-0.15, -0.1) is 11.3 Å². The van der Waals surface area contributed by atoms with Crippen LogP contribution in [0.2, 0.25) is 4.34 Å². The second kappa shape index (κ2) is 6.61. The summed E-state index contributed by atoms with van der Waals surface area (Å²) in [7, 11) is 0. The predicted molar refractivity (Wildman–Crippen MR) is 86.9 cm³/mol. The van der Waals surface area contributed by atoms with Gasteiger partial charge in [0.25, 0.3) is 0 Å². The van der Waals surface area contributed by atoms with Gasteiger partial charge in [0.05, 0.1) is 4.34 Å². The van der Waals surface area contributed by atoms with Crippen molar-refractivity contribution in [1.82, 2.24) is 0 Å². The normalized spacial score (nSPS) is 14.3. The van der Waals surface area contributed by atoms with Crippen LogP contribution < -0.4 is 10.5 Å². The lowest BCUT2D eigenvalue weighted by Gasteiger charge is -2.24. The largest absolute Gasteiger partial charge is 0.483 e. The van der Waals surface area contributed by atoms with E-state index < -0.39 is 0 Å². The molecule has 2 unspecified atom stereocenters. The van der Waals surface area contributed by atoms with Crippen molar-refractivity contribution >= 4 is 22.9 Å². The summed E-state index contributed by atoms with van der Waals surface area (Å²) in [6, 6.07) is 11.9. The van der Waals surface area contributed by atoms with Crippen LogP contribution in [0.3, 0.4) is 0 Å². The average Bonchev–Trinajstić information content (AvgIpc) is 2.82. The summed E-state index contributed by atoms with van der Waals surface area (Å²) in [5.74, 6) is 1.31. The fraction of sp³-hybridized carbons (Fsp3) is 0.375. The smallest absolute Gasteiger partial charge is 0.148 e. The molecule has 2 aromatic rings. The molecule has 1 aromatic heterocycles. The van der Waals surface area contributed by atoms with Gasteiger partial charge in [-0.2, -0.15) is 0 Å². The predicted octanol–water partition coefficient (Wildman–Crippen LogP) is 4.99. The van der Waals surface area contributed by atoms with Gasteiger partial charge in [0.2, 0.25) is 0 Å². The summed E-state index contributed by atoms with van der Waals surface area (Å²) in [6.07, 6.45) is -0.174. The van der Waals surface area contributed by atoms with Gasteiger partial charge in [0.1, 0.15) is 11.9 Å². The molecule has 1 aromatic carbocycles. The average molecular weight is 310 g/mol. The molecular formula is C16H20ClNOS. The van der Waals surface area contributed by atoms with Crippen LogP contribution in [0.1, 0.15) is 43.2 Å². The molecule has 0 radical (unpaired) electrons. The Morgan fingerprint density at radius 3 is 2.35 bits per heavy atom. The minimum atomic E-state index is -0.174. The number of thiophene rings is 1. The number of hydrogen-bond acceptors (Lipinski definition) is 3. The number of para-hydroxylation sites is 1. The van der Waals surface area contributed by atoms with Crippen molar-refractivity contribution in [2.75, 3.05) is 0 Å². The Balaban J connectivity index is 2.30. The molecule has 4 heteroatoms. The van der Waals surface area contributed by atoms with Crippen molar-refractivity contribution in [3.8, 4) is 5.75 Å². The highest BCUT2D eigenvalue weighted by molar-refractivity contribution is 7.16. The molecule has 0 aliphatic carbocycles. The molecule has 108 valence electrons. The first-order chi connectivity index (χ1) is 9.49. The first-order valence-electron chi connectivity index (χ1n) is 6.75. The number of ether oxygens (including phenoxy) is 1. The zero-order valence-corrected chi connectivity index (χ0v) is 13.5. The summed E-state index contributed by atoms with van der Waals surface area (Å²) < 4.78 is 6.95. The van der Waals surface area contributed by atoms with Crippen LogP contribution in [-0.2, 0) is 0 Å². The third-order valence-corrected chi connectivity index (χ3v) is 4.44. The van der Waals surface area contributed by atoms with E-state index in [1.807, 2.05) is 37.3 Å². The maximum absolute atomic E-state index is 6.19. The Morgan fingerprint density at radius 1 is 1.10 bits per heavy atom. The molecule has 0 saturated carbocycles. The Bertz CT molecular complexity index is 565. The first-order valence-corrected chi connectivity index (χ1v) is 7.95. The van der Waals surface area contributed by atoms with Crippen molar-refractivity contribution in [2.24, 2.45) is 5.73 Å². The van der Waals surface area contributed by atoms with Gasteiger partial charge in [-0.1, -0.05) is 43.6 Å². The molecule has 2 atom stereocenters. The highest BCUT2D eigenvalue weighted by Gasteiger charge is 2.21. The van der Waals surface area contributed by atoms with E-state index in [0.29, 0.717) is 5.92 Å². The van der Waals surface area contributed by atoms with E-state index >= 15 is 0 Å². The topological polar surface area (TPSA) is 35.2 Å². The summed E-state index contributed by atoms with van der Waals surface area (Å²) in [6.45, 7) is 6.27. The summed E-state index contributed by atoms with van der Waals surface area (Å²) >= 11 is 7.53. The number of rotatable bonds is 5. The van der Waals surface area contributed by atoms with Gasteiger partial charge in [-0.05, 0) is 36.6 Å². The third-order valence-electron chi connectivity index (χ3n) is 3.15. The molecule has 20 heavy (non-hydrogen) atoms. The lowest BCUT2D eigenvalue weighted by Crippen LogP contribution is -2.28. The molecule has 2 N–H and O–H groups in total. The molecule has 0 aliphatic rings. The Labute approximate surface area is 129 Å². The molecular weight excluding hydrogens is 290 g/mol. The van der Waals surface area contributed by atoms with E-state index in [9.17, 15) is 0 Å². The summed E-state index contributed by atoms with van der Waals surface area (Å²) in [5.41, 5.74) is 7.29. The Morgan fingerprint density at radius 2 is 1.80 bits per heavy atom. The molecule has 0 spiro atoms. The monoisotopic (exact) mass is 309 g/mol. The van der Waals surface area contributed by atoms with Crippen molar-refractivity contribution in [3.63, 3.8) is 0 Å². The molecule has 2 rings (SSSR count). The molecule has 1 heterocycles. The maximum Gasteiger partial charge on any atom is 0.148 e. The molecule has 0 fully saturated rings. The van der Waals surface area contributed by atoms with Crippen LogP contribution in [0, 0.1) is 0 Å². The highest BCUT2D eigenvalue weighted by Crippen LogP contribution is 2.34. The maximum atomic E-state index is 6.19. The fourth-order valence-electron chi connectivity index (χ4n) is 2.11. The van der Waals surface area contributed by atoms with Crippen LogP contribution in [0.25, 0.3) is 0 Å². The van der Waals surface area contributed by atoms with Crippen molar-refractivity contribution in [2.45, 2.75) is 38.8 Å². The number of halogens is 1.